The normalized spacial score (nSPS) is 11.6. The van der Waals surface area contributed by atoms with Gasteiger partial charge in [-0.15, -0.1) is 0 Å². The molecule has 4 nitrogen and oxygen atoms in total. The van der Waals surface area contributed by atoms with Gasteiger partial charge < -0.3 is 10.6 Å². The van der Waals surface area contributed by atoms with Crippen molar-refractivity contribution in [2.75, 3.05) is 11.9 Å². The second-order valence-corrected chi connectivity index (χ2v) is 6.42. The molecule has 2 aromatic rings. The van der Waals surface area contributed by atoms with Crippen LogP contribution in [0.2, 0.25) is 5.02 Å². The van der Waals surface area contributed by atoms with Crippen LogP contribution in [0.4, 0.5) is 18.9 Å². The molecule has 2 rings (SSSR count). The molecule has 0 heterocycles. The van der Waals surface area contributed by atoms with Gasteiger partial charge in [-0.3, -0.25) is 4.79 Å². The van der Waals surface area contributed by atoms with Crippen LogP contribution in [0.25, 0.3) is 0 Å². The number of carbonyl (C=O) groups excluding carboxylic acids is 1. The lowest BCUT2D eigenvalue weighted by Crippen LogP contribution is -2.18. The first-order chi connectivity index (χ1) is 13.2. The van der Waals surface area contributed by atoms with E-state index in [1.165, 1.54) is 12.3 Å². The molecule has 0 saturated carbocycles. The van der Waals surface area contributed by atoms with Crippen molar-refractivity contribution in [3.63, 3.8) is 0 Å². The summed E-state index contributed by atoms with van der Waals surface area (Å²) in [4.78, 5) is 12.1. The standard InChI is InChI=1S/C20H17ClF3N3O/c1-13-3-2-4-14(9-13)7-8-26-12-15(11-25)19(28)27-16-5-6-18(21)17(10-16)20(22,23)24/h2-6,9-10,12,26H,7-8H2,1H3,(H,27,28)/b15-12-. The first kappa shape index (κ1) is 21.3. The van der Waals surface area contributed by atoms with E-state index in [0.717, 1.165) is 23.3 Å². The number of carbonyl (C=O) groups is 1. The zero-order valence-corrected chi connectivity index (χ0v) is 15.7. The molecule has 2 aromatic carbocycles. The fourth-order valence-electron chi connectivity index (χ4n) is 2.43. The molecule has 0 atom stereocenters. The molecule has 0 saturated heterocycles. The molecular weight excluding hydrogens is 391 g/mol. The number of anilines is 1. The van der Waals surface area contributed by atoms with Crippen molar-refractivity contribution in [2.45, 2.75) is 19.5 Å². The van der Waals surface area contributed by atoms with Crippen molar-refractivity contribution < 1.29 is 18.0 Å². The molecule has 146 valence electrons. The van der Waals surface area contributed by atoms with E-state index in [2.05, 4.69) is 10.6 Å². The SMILES string of the molecule is Cc1cccc(CCN/C=C(/C#N)C(=O)Nc2ccc(Cl)c(C(F)(F)F)c2)c1. The lowest BCUT2D eigenvalue weighted by molar-refractivity contribution is -0.137. The van der Waals surface area contributed by atoms with Gasteiger partial charge in [-0.1, -0.05) is 41.4 Å². The van der Waals surface area contributed by atoms with Gasteiger partial charge in [0, 0.05) is 18.4 Å². The van der Waals surface area contributed by atoms with Gasteiger partial charge in [0.1, 0.15) is 11.6 Å². The van der Waals surface area contributed by atoms with E-state index in [9.17, 15) is 18.0 Å². The van der Waals surface area contributed by atoms with Crippen LogP contribution < -0.4 is 10.6 Å². The van der Waals surface area contributed by atoms with Crippen LogP contribution in [0.5, 0.6) is 0 Å². The largest absolute Gasteiger partial charge is 0.417 e. The molecule has 0 aliphatic carbocycles. The van der Waals surface area contributed by atoms with Crippen LogP contribution in [-0.4, -0.2) is 12.5 Å². The Hall–Kier alpha value is -2.98. The smallest absolute Gasteiger partial charge is 0.389 e. The highest BCUT2D eigenvalue weighted by atomic mass is 35.5. The highest BCUT2D eigenvalue weighted by molar-refractivity contribution is 6.31. The van der Waals surface area contributed by atoms with Crippen molar-refractivity contribution in [3.8, 4) is 6.07 Å². The maximum atomic E-state index is 12.9. The summed E-state index contributed by atoms with van der Waals surface area (Å²) >= 11 is 5.55. The van der Waals surface area contributed by atoms with E-state index >= 15 is 0 Å². The van der Waals surface area contributed by atoms with E-state index in [0.29, 0.717) is 13.0 Å². The predicted octanol–water partition coefficient (Wildman–Crippen LogP) is 4.85. The summed E-state index contributed by atoms with van der Waals surface area (Å²) in [6, 6.07) is 12.6. The van der Waals surface area contributed by atoms with Crippen LogP contribution in [0.15, 0.2) is 54.2 Å². The zero-order valence-electron chi connectivity index (χ0n) is 14.9. The minimum Gasteiger partial charge on any atom is -0.389 e. The monoisotopic (exact) mass is 407 g/mol. The summed E-state index contributed by atoms with van der Waals surface area (Å²) in [5.41, 5.74) is 0.803. The van der Waals surface area contributed by atoms with E-state index in [-0.39, 0.29) is 11.3 Å². The van der Waals surface area contributed by atoms with Crippen molar-refractivity contribution in [1.82, 2.24) is 5.32 Å². The summed E-state index contributed by atoms with van der Waals surface area (Å²) in [6.45, 7) is 2.47. The zero-order chi connectivity index (χ0) is 20.7. The highest BCUT2D eigenvalue weighted by Gasteiger charge is 2.33. The third-order valence-electron chi connectivity index (χ3n) is 3.78. The Labute approximate surface area is 165 Å². The molecular formula is C20H17ClF3N3O. The lowest BCUT2D eigenvalue weighted by Gasteiger charge is -2.11. The molecule has 0 aromatic heterocycles. The molecule has 0 spiro atoms. The van der Waals surface area contributed by atoms with Crippen LogP contribution in [0, 0.1) is 18.3 Å². The second kappa shape index (κ2) is 9.29. The molecule has 1 amide bonds. The van der Waals surface area contributed by atoms with Crippen molar-refractivity contribution >= 4 is 23.2 Å². The number of nitrogens with one attached hydrogen (secondary N) is 2. The molecule has 28 heavy (non-hydrogen) atoms. The van der Waals surface area contributed by atoms with Gasteiger partial charge in [-0.05, 0) is 37.1 Å². The van der Waals surface area contributed by atoms with Crippen molar-refractivity contribution in [2.24, 2.45) is 0 Å². The molecule has 0 radical (unpaired) electrons. The van der Waals surface area contributed by atoms with E-state index in [1.54, 1.807) is 6.07 Å². The number of amides is 1. The summed E-state index contributed by atoms with van der Waals surface area (Å²) in [7, 11) is 0. The predicted molar refractivity (Wildman–Crippen MR) is 102 cm³/mol. The summed E-state index contributed by atoms with van der Waals surface area (Å²) in [6.07, 6.45) is -2.72. The maximum absolute atomic E-state index is 12.9. The quantitative estimate of drug-likeness (QED) is 0.409. The Bertz CT molecular complexity index is 933. The highest BCUT2D eigenvalue weighted by Crippen LogP contribution is 2.36. The van der Waals surface area contributed by atoms with Gasteiger partial charge in [0.2, 0.25) is 0 Å². The van der Waals surface area contributed by atoms with E-state index < -0.39 is 22.7 Å². The summed E-state index contributed by atoms with van der Waals surface area (Å²) in [5.74, 6) is -0.819. The molecule has 0 bridgehead atoms. The topological polar surface area (TPSA) is 64.9 Å². The molecule has 0 aliphatic heterocycles. The lowest BCUT2D eigenvalue weighted by atomic mass is 10.1. The third-order valence-corrected chi connectivity index (χ3v) is 4.11. The fourth-order valence-corrected chi connectivity index (χ4v) is 2.65. The number of rotatable bonds is 6. The average Bonchev–Trinajstić information content (AvgIpc) is 2.62. The number of benzene rings is 2. The second-order valence-electron chi connectivity index (χ2n) is 6.01. The van der Waals surface area contributed by atoms with Gasteiger partial charge >= 0.3 is 6.18 Å². The summed E-state index contributed by atoms with van der Waals surface area (Å²) < 4.78 is 38.7. The van der Waals surface area contributed by atoms with Gasteiger partial charge in [0.05, 0.1) is 10.6 Å². The molecule has 2 N–H and O–H groups in total. The number of halogens is 4. The minimum absolute atomic E-state index is 0.109. The van der Waals surface area contributed by atoms with Crippen molar-refractivity contribution in [1.29, 1.82) is 5.26 Å². The Morgan fingerprint density at radius 1 is 1.25 bits per heavy atom. The van der Waals surface area contributed by atoms with Gasteiger partial charge in [-0.25, -0.2) is 0 Å². The van der Waals surface area contributed by atoms with E-state index in [4.69, 9.17) is 16.9 Å². The van der Waals surface area contributed by atoms with E-state index in [1.807, 2.05) is 31.2 Å². The average molecular weight is 408 g/mol. The van der Waals surface area contributed by atoms with Crippen molar-refractivity contribution in [3.05, 3.63) is 76.0 Å². The fraction of sp³-hybridized carbons (Fsp3) is 0.200. The molecule has 8 heteroatoms. The van der Waals surface area contributed by atoms with Crippen LogP contribution in [0.1, 0.15) is 16.7 Å². The number of nitriles is 1. The van der Waals surface area contributed by atoms with Gasteiger partial charge in [0.25, 0.3) is 5.91 Å². The Balaban J connectivity index is 1.99. The summed E-state index contributed by atoms with van der Waals surface area (Å²) in [5, 5.41) is 13.8. The minimum atomic E-state index is -4.65. The Morgan fingerprint density at radius 2 is 2.00 bits per heavy atom. The third kappa shape index (κ3) is 6.03. The molecule has 0 aliphatic rings. The number of hydrogen-bond acceptors (Lipinski definition) is 3. The van der Waals surface area contributed by atoms with Crippen LogP contribution in [0.3, 0.4) is 0 Å². The number of nitrogens with zero attached hydrogens (tertiary/aromatic N) is 1. The number of alkyl halides is 3. The first-order valence-electron chi connectivity index (χ1n) is 8.28. The first-order valence-corrected chi connectivity index (χ1v) is 8.66. The number of aryl methyl sites for hydroxylation is 1. The Morgan fingerprint density at radius 3 is 2.64 bits per heavy atom. The van der Waals surface area contributed by atoms with Crippen LogP contribution in [-0.2, 0) is 17.4 Å². The van der Waals surface area contributed by atoms with Gasteiger partial charge in [0.15, 0.2) is 0 Å². The molecule has 0 fully saturated rings. The van der Waals surface area contributed by atoms with Crippen LogP contribution >= 0.6 is 11.6 Å². The Kier molecular flexibility index (Phi) is 7.07. The number of hydrogen-bond donors (Lipinski definition) is 2. The molecule has 0 unspecified atom stereocenters. The maximum Gasteiger partial charge on any atom is 0.417 e. The van der Waals surface area contributed by atoms with Gasteiger partial charge in [-0.2, -0.15) is 18.4 Å².